The number of hydrogen-bond donors (Lipinski definition) is 1. The predicted octanol–water partition coefficient (Wildman–Crippen LogP) is 4.17. The van der Waals surface area contributed by atoms with Crippen molar-refractivity contribution in [3.8, 4) is 0 Å². The third kappa shape index (κ3) is 5.24. The number of amides is 1. The lowest BCUT2D eigenvalue weighted by Crippen LogP contribution is -2.56. The molecule has 2 unspecified atom stereocenters. The minimum Gasteiger partial charge on any atom is -0.465 e. The van der Waals surface area contributed by atoms with E-state index in [0.717, 1.165) is 36.1 Å². The Balaban J connectivity index is 1.82. The van der Waals surface area contributed by atoms with Gasteiger partial charge in [0.15, 0.2) is 6.54 Å². The molecule has 0 saturated carbocycles. The van der Waals surface area contributed by atoms with Crippen LogP contribution in [-0.2, 0) is 16.1 Å². The van der Waals surface area contributed by atoms with Crippen molar-refractivity contribution in [2.75, 3.05) is 32.1 Å². The summed E-state index contributed by atoms with van der Waals surface area (Å²) in [4.78, 5) is 25.2. The fraction of sp³-hybridized carbons (Fsp3) is 0.417. The number of ether oxygens (including phenoxy) is 1. The summed E-state index contributed by atoms with van der Waals surface area (Å²) < 4.78 is 5.63. The summed E-state index contributed by atoms with van der Waals surface area (Å²) in [5, 5.41) is 3.01. The second-order valence-electron chi connectivity index (χ2n) is 8.33. The van der Waals surface area contributed by atoms with Crippen molar-refractivity contribution >= 4 is 17.6 Å². The molecule has 1 aliphatic rings. The number of quaternary nitrogens is 1. The molecule has 1 amide bonds. The Morgan fingerprint density at radius 1 is 1.14 bits per heavy atom. The minimum atomic E-state index is -0.441. The topological polar surface area (TPSA) is 55.4 Å². The Morgan fingerprint density at radius 2 is 1.90 bits per heavy atom. The smallest absolute Gasteiger partial charge is 0.339 e. The number of piperidine rings is 1. The van der Waals surface area contributed by atoms with E-state index in [1.807, 2.05) is 19.1 Å². The Hall–Kier alpha value is -2.66. The van der Waals surface area contributed by atoms with Crippen LogP contribution in [0.5, 0.6) is 0 Å². The first-order valence-corrected chi connectivity index (χ1v) is 10.3. The average molecular weight is 396 g/mol. The van der Waals surface area contributed by atoms with E-state index in [1.165, 1.54) is 19.1 Å². The van der Waals surface area contributed by atoms with Crippen LogP contribution in [0.3, 0.4) is 0 Å². The van der Waals surface area contributed by atoms with Crippen molar-refractivity contribution in [1.29, 1.82) is 0 Å². The Bertz CT molecular complexity index is 866. The molecule has 5 heteroatoms. The highest BCUT2D eigenvalue weighted by molar-refractivity contribution is 6.02. The van der Waals surface area contributed by atoms with Crippen LogP contribution >= 0.6 is 0 Å². The fourth-order valence-electron chi connectivity index (χ4n) is 4.53. The molecule has 0 radical (unpaired) electrons. The van der Waals surface area contributed by atoms with Crippen LogP contribution in [0, 0.1) is 12.8 Å². The van der Waals surface area contributed by atoms with Gasteiger partial charge in [0.2, 0.25) is 0 Å². The van der Waals surface area contributed by atoms with E-state index in [0.29, 0.717) is 23.7 Å². The molecule has 0 aromatic heterocycles. The van der Waals surface area contributed by atoms with Gasteiger partial charge in [-0.3, -0.25) is 4.79 Å². The largest absolute Gasteiger partial charge is 0.465 e. The summed E-state index contributed by atoms with van der Waals surface area (Å²) in [5.74, 6) is 0.0858. The van der Waals surface area contributed by atoms with Crippen LogP contribution in [-0.4, -0.2) is 43.1 Å². The molecule has 3 rings (SSSR count). The number of nitrogens with zero attached hydrogens (tertiary/aromatic N) is 1. The van der Waals surface area contributed by atoms with Crippen LogP contribution in [0.25, 0.3) is 0 Å². The number of likely N-dealkylation sites (tertiary alicyclic amines) is 1. The number of carbonyl (C=O) groups excluding carboxylic acids is 2. The molecule has 0 bridgehead atoms. The number of carbonyl (C=O) groups is 2. The molecular formula is C24H31N2O3+. The van der Waals surface area contributed by atoms with E-state index in [9.17, 15) is 9.59 Å². The Morgan fingerprint density at radius 3 is 2.59 bits per heavy atom. The summed E-state index contributed by atoms with van der Waals surface area (Å²) >= 11 is 0. The van der Waals surface area contributed by atoms with Gasteiger partial charge < -0.3 is 14.5 Å². The van der Waals surface area contributed by atoms with Gasteiger partial charge in [0, 0.05) is 11.5 Å². The van der Waals surface area contributed by atoms with Crippen molar-refractivity contribution in [3.63, 3.8) is 0 Å². The van der Waals surface area contributed by atoms with Crippen molar-refractivity contribution in [2.45, 2.75) is 33.2 Å². The standard InChI is InChI=1S/C24H30N2O3/c1-18-9-8-14-26(15-18,16-20-11-5-4-6-12-20)17-22(27)25-23-19(2)10-7-13-21(23)24(28)29-3/h4-7,10-13,18H,8-9,14-17H2,1-3H3/p+1. The number of para-hydroxylation sites is 1. The summed E-state index contributed by atoms with van der Waals surface area (Å²) in [6.07, 6.45) is 2.33. The number of benzene rings is 2. The molecule has 29 heavy (non-hydrogen) atoms. The Labute approximate surface area is 173 Å². The van der Waals surface area contributed by atoms with Gasteiger partial charge in [0.05, 0.1) is 31.5 Å². The maximum Gasteiger partial charge on any atom is 0.339 e. The number of methoxy groups -OCH3 is 1. The number of nitrogens with one attached hydrogen (secondary N) is 1. The Kier molecular flexibility index (Phi) is 6.70. The first kappa shape index (κ1) is 21.1. The van der Waals surface area contributed by atoms with Gasteiger partial charge in [0.1, 0.15) is 6.54 Å². The summed E-state index contributed by atoms with van der Waals surface area (Å²) in [7, 11) is 1.35. The van der Waals surface area contributed by atoms with Gasteiger partial charge in [-0.25, -0.2) is 4.79 Å². The summed E-state index contributed by atoms with van der Waals surface area (Å²) in [6.45, 7) is 7.37. The third-order valence-electron chi connectivity index (χ3n) is 5.81. The molecule has 1 fully saturated rings. The first-order valence-electron chi connectivity index (χ1n) is 10.3. The highest BCUT2D eigenvalue weighted by Crippen LogP contribution is 2.27. The second-order valence-corrected chi connectivity index (χ2v) is 8.33. The van der Waals surface area contributed by atoms with E-state index in [2.05, 4.69) is 36.5 Å². The zero-order chi connectivity index (χ0) is 20.9. The highest BCUT2D eigenvalue weighted by Gasteiger charge is 2.36. The molecule has 1 N–H and O–H groups in total. The molecule has 0 spiro atoms. The molecule has 2 aromatic rings. The van der Waals surface area contributed by atoms with Crippen molar-refractivity contribution in [2.24, 2.45) is 5.92 Å². The normalized spacial score (nSPS) is 21.4. The monoisotopic (exact) mass is 395 g/mol. The van der Waals surface area contributed by atoms with Gasteiger partial charge in [-0.1, -0.05) is 49.4 Å². The van der Waals surface area contributed by atoms with E-state index in [-0.39, 0.29) is 5.91 Å². The van der Waals surface area contributed by atoms with Gasteiger partial charge >= 0.3 is 5.97 Å². The zero-order valence-electron chi connectivity index (χ0n) is 17.6. The molecule has 1 aliphatic heterocycles. The zero-order valence-corrected chi connectivity index (χ0v) is 17.6. The van der Waals surface area contributed by atoms with Crippen LogP contribution < -0.4 is 5.32 Å². The number of anilines is 1. The summed E-state index contributed by atoms with van der Waals surface area (Å²) in [5.41, 5.74) is 3.04. The van der Waals surface area contributed by atoms with Crippen molar-refractivity contribution in [1.82, 2.24) is 0 Å². The molecule has 2 atom stereocenters. The van der Waals surface area contributed by atoms with Crippen LogP contribution in [0.15, 0.2) is 48.5 Å². The quantitative estimate of drug-likeness (QED) is 0.590. The number of esters is 1. The fourth-order valence-corrected chi connectivity index (χ4v) is 4.53. The number of hydrogen-bond acceptors (Lipinski definition) is 3. The lowest BCUT2D eigenvalue weighted by atomic mass is 9.96. The molecule has 2 aromatic carbocycles. The molecule has 1 saturated heterocycles. The molecule has 1 heterocycles. The van der Waals surface area contributed by atoms with E-state index < -0.39 is 5.97 Å². The van der Waals surface area contributed by atoms with Gasteiger partial charge in [0.25, 0.3) is 5.91 Å². The van der Waals surface area contributed by atoms with Crippen LogP contribution in [0.1, 0.15) is 41.3 Å². The minimum absolute atomic E-state index is 0.0607. The first-order chi connectivity index (χ1) is 13.9. The SMILES string of the molecule is COC(=O)c1cccc(C)c1NC(=O)C[N+]1(Cc2ccccc2)CCCC(C)C1. The third-order valence-corrected chi connectivity index (χ3v) is 5.81. The van der Waals surface area contributed by atoms with Crippen LogP contribution in [0.2, 0.25) is 0 Å². The molecule has 0 aliphatic carbocycles. The van der Waals surface area contributed by atoms with E-state index in [4.69, 9.17) is 4.74 Å². The van der Waals surface area contributed by atoms with Gasteiger partial charge in [-0.15, -0.1) is 0 Å². The second kappa shape index (κ2) is 9.23. The average Bonchev–Trinajstić information content (AvgIpc) is 2.69. The maximum absolute atomic E-state index is 13.1. The van der Waals surface area contributed by atoms with E-state index in [1.54, 1.807) is 12.1 Å². The van der Waals surface area contributed by atoms with Gasteiger partial charge in [-0.2, -0.15) is 0 Å². The lowest BCUT2D eigenvalue weighted by Gasteiger charge is -2.43. The summed E-state index contributed by atoms with van der Waals surface area (Å²) in [6, 6.07) is 15.8. The van der Waals surface area contributed by atoms with E-state index >= 15 is 0 Å². The maximum atomic E-state index is 13.1. The number of rotatable bonds is 6. The lowest BCUT2D eigenvalue weighted by molar-refractivity contribution is -0.941. The molecule has 5 nitrogen and oxygen atoms in total. The number of aryl methyl sites for hydroxylation is 1. The van der Waals surface area contributed by atoms with Crippen molar-refractivity contribution in [3.05, 3.63) is 65.2 Å². The molecular weight excluding hydrogens is 364 g/mol. The van der Waals surface area contributed by atoms with Crippen molar-refractivity contribution < 1.29 is 18.8 Å². The van der Waals surface area contributed by atoms with Gasteiger partial charge in [-0.05, 0) is 31.4 Å². The predicted molar refractivity (Wildman–Crippen MR) is 115 cm³/mol. The molecule has 154 valence electrons. The van der Waals surface area contributed by atoms with Crippen LogP contribution in [0.4, 0.5) is 5.69 Å². The highest BCUT2D eigenvalue weighted by atomic mass is 16.5.